The maximum absolute atomic E-state index is 12.2. The van der Waals surface area contributed by atoms with E-state index in [1.165, 1.54) is 17.7 Å². The minimum Gasteiger partial charge on any atom is -0.481 e. The number of aliphatic carboxylic acids is 1. The highest BCUT2D eigenvalue weighted by Crippen LogP contribution is 2.33. The third-order valence-electron chi connectivity index (χ3n) is 3.61. The van der Waals surface area contributed by atoms with Crippen molar-refractivity contribution in [3.05, 3.63) is 16.8 Å². The minimum absolute atomic E-state index is 0.174. The van der Waals surface area contributed by atoms with Crippen LogP contribution in [0.3, 0.4) is 0 Å². The number of esters is 1. The summed E-state index contributed by atoms with van der Waals surface area (Å²) >= 11 is 1.31. The summed E-state index contributed by atoms with van der Waals surface area (Å²) in [6.45, 7) is 6.19. The first-order valence-electron chi connectivity index (χ1n) is 8.31. The number of anilines is 1. The molecule has 0 amide bonds. The van der Waals surface area contributed by atoms with Gasteiger partial charge in [-0.25, -0.2) is 14.8 Å². The fraction of sp³-hybridized carbons (Fsp3) is 0.529. The van der Waals surface area contributed by atoms with Gasteiger partial charge in [-0.05, 0) is 39.2 Å². The van der Waals surface area contributed by atoms with Crippen molar-refractivity contribution in [2.45, 2.75) is 52.6 Å². The number of nitrogens with one attached hydrogen (secondary N) is 1. The van der Waals surface area contributed by atoms with Crippen molar-refractivity contribution in [2.24, 2.45) is 0 Å². The van der Waals surface area contributed by atoms with Gasteiger partial charge < -0.3 is 15.2 Å². The number of ether oxygens (including phenoxy) is 1. The van der Waals surface area contributed by atoms with E-state index in [4.69, 9.17) is 9.84 Å². The molecule has 25 heavy (non-hydrogen) atoms. The van der Waals surface area contributed by atoms with Crippen LogP contribution in [0.25, 0.3) is 10.2 Å². The molecule has 0 spiro atoms. The number of fused-ring (bicyclic) bond motifs is 1. The van der Waals surface area contributed by atoms with Crippen LogP contribution in [0.15, 0.2) is 6.33 Å². The molecule has 2 N–H and O–H groups in total. The number of carboxylic acid groups (broad SMARTS) is 1. The lowest BCUT2D eigenvalue weighted by atomic mass is 10.2. The Morgan fingerprint density at radius 1 is 1.28 bits per heavy atom. The van der Waals surface area contributed by atoms with Gasteiger partial charge in [-0.15, -0.1) is 11.3 Å². The second-order valence-electron chi connectivity index (χ2n) is 6.04. The van der Waals surface area contributed by atoms with Crippen molar-refractivity contribution in [1.82, 2.24) is 9.97 Å². The first-order valence-corrected chi connectivity index (χ1v) is 9.12. The van der Waals surface area contributed by atoms with Crippen molar-refractivity contribution in [2.75, 3.05) is 11.9 Å². The summed E-state index contributed by atoms with van der Waals surface area (Å²) < 4.78 is 5.29. The van der Waals surface area contributed by atoms with Gasteiger partial charge in [-0.3, -0.25) is 4.79 Å². The SMILES string of the molecule is Cc1c(C(=O)OC(C)C)sc2ncnc(NCCCCCC(=O)O)c12. The molecule has 0 unspecified atom stereocenters. The number of hydrogen-bond acceptors (Lipinski definition) is 7. The first kappa shape index (κ1) is 19.1. The van der Waals surface area contributed by atoms with Crippen LogP contribution in [0.2, 0.25) is 0 Å². The van der Waals surface area contributed by atoms with E-state index < -0.39 is 5.97 Å². The van der Waals surface area contributed by atoms with Gasteiger partial charge in [0.25, 0.3) is 0 Å². The second kappa shape index (κ2) is 8.75. The summed E-state index contributed by atoms with van der Waals surface area (Å²) in [5, 5.41) is 12.7. The Bertz CT molecular complexity index is 758. The summed E-state index contributed by atoms with van der Waals surface area (Å²) in [4.78, 5) is 32.5. The van der Waals surface area contributed by atoms with Crippen LogP contribution in [-0.4, -0.2) is 39.7 Å². The highest BCUT2D eigenvalue weighted by Gasteiger charge is 2.20. The molecule has 2 rings (SSSR count). The number of carbonyl (C=O) groups excluding carboxylic acids is 1. The molecule has 0 aliphatic carbocycles. The predicted molar refractivity (Wildman–Crippen MR) is 97.3 cm³/mol. The summed E-state index contributed by atoms with van der Waals surface area (Å²) in [6, 6.07) is 0. The third kappa shape index (κ3) is 5.12. The Hall–Kier alpha value is -2.22. The molecule has 0 saturated carbocycles. The molecular weight excluding hydrogens is 342 g/mol. The molecule has 7 nitrogen and oxygen atoms in total. The quantitative estimate of drug-likeness (QED) is 0.517. The van der Waals surface area contributed by atoms with Crippen molar-refractivity contribution in [3.8, 4) is 0 Å². The Kier molecular flexibility index (Phi) is 6.69. The second-order valence-corrected chi connectivity index (χ2v) is 7.04. The number of carbonyl (C=O) groups is 2. The van der Waals surface area contributed by atoms with Gasteiger partial charge in [0.2, 0.25) is 0 Å². The molecular formula is C17H23N3O4S. The van der Waals surface area contributed by atoms with E-state index in [9.17, 15) is 9.59 Å². The molecule has 2 aromatic rings. The molecule has 8 heteroatoms. The number of aryl methyl sites for hydroxylation is 1. The van der Waals surface area contributed by atoms with E-state index in [1.807, 2.05) is 20.8 Å². The largest absolute Gasteiger partial charge is 0.481 e. The lowest BCUT2D eigenvalue weighted by molar-refractivity contribution is -0.137. The Morgan fingerprint density at radius 3 is 2.72 bits per heavy atom. The molecule has 0 saturated heterocycles. The molecule has 0 atom stereocenters. The van der Waals surface area contributed by atoms with Crippen molar-refractivity contribution >= 4 is 39.3 Å². The molecule has 0 aliphatic rings. The normalized spacial score (nSPS) is 11.0. The molecule has 0 bridgehead atoms. The van der Waals surface area contributed by atoms with E-state index >= 15 is 0 Å². The monoisotopic (exact) mass is 365 g/mol. The zero-order chi connectivity index (χ0) is 18.4. The highest BCUT2D eigenvalue weighted by atomic mass is 32.1. The third-order valence-corrected chi connectivity index (χ3v) is 4.79. The highest BCUT2D eigenvalue weighted by molar-refractivity contribution is 7.20. The number of nitrogens with zero attached hydrogens (tertiary/aromatic N) is 2. The standard InChI is InChI=1S/C17H23N3O4S/c1-10(2)24-17(23)14-11(3)13-15(19-9-20-16(13)25-14)18-8-6-4-5-7-12(21)22/h9-10H,4-8H2,1-3H3,(H,21,22)(H,18,19,20). The van der Waals surface area contributed by atoms with Crippen LogP contribution < -0.4 is 5.32 Å². The maximum Gasteiger partial charge on any atom is 0.348 e. The Labute approximate surface area is 150 Å². The van der Waals surface area contributed by atoms with Crippen LogP contribution in [0.5, 0.6) is 0 Å². The Balaban J connectivity index is 2.07. The van der Waals surface area contributed by atoms with Crippen molar-refractivity contribution < 1.29 is 19.4 Å². The molecule has 136 valence electrons. The van der Waals surface area contributed by atoms with Gasteiger partial charge in [-0.1, -0.05) is 6.42 Å². The lowest BCUT2D eigenvalue weighted by Gasteiger charge is -2.08. The van der Waals surface area contributed by atoms with Gasteiger partial charge in [-0.2, -0.15) is 0 Å². The van der Waals surface area contributed by atoms with Gasteiger partial charge in [0, 0.05) is 13.0 Å². The number of hydrogen-bond donors (Lipinski definition) is 2. The van der Waals surface area contributed by atoms with E-state index in [0.29, 0.717) is 23.7 Å². The maximum atomic E-state index is 12.2. The fourth-order valence-corrected chi connectivity index (χ4v) is 3.48. The predicted octanol–water partition coefficient (Wildman–Crippen LogP) is 3.62. The number of aromatic nitrogens is 2. The van der Waals surface area contributed by atoms with Gasteiger partial charge in [0.1, 0.15) is 21.9 Å². The van der Waals surface area contributed by atoms with E-state index in [-0.39, 0.29) is 18.5 Å². The average Bonchev–Trinajstić information content (AvgIpc) is 2.88. The van der Waals surface area contributed by atoms with E-state index in [2.05, 4.69) is 15.3 Å². The van der Waals surface area contributed by atoms with E-state index in [1.54, 1.807) is 0 Å². The average molecular weight is 365 g/mol. The fourth-order valence-electron chi connectivity index (χ4n) is 2.45. The van der Waals surface area contributed by atoms with Crippen LogP contribution in [0, 0.1) is 6.92 Å². The number of unbranched alkanes of at least 4 members (excludes halogenated alkanes) is 2. The number of thiophene rings is 1. The van der Waals surface area contributed by atoms with Crippen molar-refractivity contribution in [1.29, 1.82) is 0 Å². The van der Waals surface area contributed by atoms with Crippen LogP contribution >= 0.6 is 11.3 Å². The molecule has 2 aromatic heterocycles. The Morgan fingerprint density at radius 2 is 2.04 bits per heavy atom. The summed E-state index contributed by atoms with van der Waals surface area (Å²) in [5.74, 6) is -0.407. The van der Waals surface area contributed by atoms with Crippen molar-refractivity contribution in [3.63, 3.8) is 0 Å². The molecule has 0 fully saturated rings. The van der Waals surface area contributed by atoms with E-state index in [0.717, 1.165) is 28.6 Å². The van der Waals surface area contributed by atoms with Crippen LogP contribution in [-0.2, 0) is 9.53 Å². The molecule has 0 aliphatic heterocycles. The zero-order valence-corrected chi connectivity index (χ0v) is 15.5. The summed E-state index contributed by atoms with van der Waals surface area (Å²) in [5.41, 5.74) is 0.819. The van der Waals surface area contributed by atoms with Gasteiger partial charge in [0.05, 0.1) is 11.5 Å². The summed E-state index contributed by atoms with van der Waals surface area (Å²) in [6.07, 6.45) is 3.85. The number of rotatable bonds is 9. The summed E-state index contributed by atoms with van der Waals surface area (Å²) in [7, 11) is 0. The van der Waals surface area contributed by atoms with Gasteiger partial charge >= 0.3 is 11.9 Å². The lowest BCUT2D eigenvalue weighted by Crippen LogP contribution is -2.11. The smallest absolute Gasteiger partial charge is 0.348 e. The number of carboxylic acids is 1. The molecule has 0 aromatic carbocycles. The molecule has 0 radical (unpaired) electrons. The van der Waals surface area contributed by atoms with Crippen LogP contribution in [0.1, 0.15) is 54.8 Å². The topological polar surface area (TPSA) is 101 Å². The van der Waals surface area contributed by atoms with Crippen LogP contribution in [0.4, 0.5) is 5.82 Å². The first-order chi connectivity index (χ1) is 11.9. The van der Waals surface area contributed by atoms with Gasteiger partial charge in [0.15, 0.2) is 0 Å². The minimum atomic E-state index is -0.764. The molecule has 2 heterocycles. The zero-order valence-electron chi connectivity index (χ0n) is 14.7.